The summed E-state index contributed by atoms with van der Waals surface area (Å²) in [4.78, 5) is 25.5. The van der Waals surface area contributed by atoms with E-state index < -0.39 is 5.60 Å². The van der Waals surface area contributed by atoms with Crippen molar-refractivity contribution in [3.05, 3.63) is 30.5 Å². The number of benzene rings is 1. The van der Waals surface area contributed by atoms with Gasteiger partial charge >= 0.3 is 6.09 Å². The van der Waals surface area contributed by atoms with Crippen LogP contribution in [0.5, 0.6) is 0 Å². The molecule has 1 unspecified atom stereocenters. The molecule has 2 aromatic rings. The van der Waals surface area contributed by atoms with E-state index in [0.717, 1.165) is 36.2 Å². The fourth-order valence-corrected chi connectivity index (χ4v) is 3.07. The molecule has 3 rings (SSSR count). The molecule has 134 valence electrons. The summed E-state index contributed by atoms with van der Waals surface area (Å²) in [6.45, 7) is 7.05. The number of piperidine rings is 1. The predicted octanol–water partition coefficient (Wildman–Crippen LogP) is 3.47. The largest absolute Gasteiger partial charge is 0.444 e. The molecule has 6 nitrogen and oxygen atoms in total. The lowest BCUT2D eigenvalue weighted by Crippen LogP contribution is -2.50. The zero-order valence-corrected chi connectivity index (χ0v) is 15.4. The summed E-state index contributed by atoms with van der Waals surface area (Å²) in [5, 5.41) is 0. The average Bonchev–Trinajstić information content (AvgIpc) is 2.59. The van der Waals surface area contributed by atoms with Gasteiger partial charge < -0.3 is 14.5 Å². The Morgan fingerprint density at radius 1 is 1.28 bits per heavy atom. The van der Waals surface area contributed by atoms with Crippen LogP contribution >= 0.6 is 0 Å². The smallest absolute Gasteiger partial charge is 0.410 e. The molecule has 25 heavy (non-hydrogen) atoms. The molecule has 1 fully saturated rings. The first-order valence-corrected chi connectivity index (χ1v) is 8.76. The van der Waals surface area contributed by atoms with Crippen molar-refractivity contribution >= 4 is 22.9 Å². The quantitative estimate of drug-likeness (QED) is 0.836. The minimum absolute atomic E-state index is 0.205. The summed E-state index contributed by atoms with van der Waals surface area (Å²) >= 11 is 0. The SMILES string of the molecule is CN(c1cnc2ccccc2n1)C1CCCN(C(=O)OC(C)(C)C)C1. The summed E-state index contributed by atoms with van der Waals surface area (Å²) in [6, 6.07) is 8.05. The number of nitrogens with zero attached hydrogens (tertiary/aromatic N) is 4. The highest BCUT2D eigenvalue weighted by molar-refractivity contribution is 5.75. The molecule has 2 heterocycles. The monoisotopic (exact) mass is 342 g/mol. The van der Waals surface area contributed by atoms with Gasteiger partial charge in [0.05, 0.1) is 17.2 Å². The van der Waals surface area contributed by atoms with Crippen molar-refractivity contribution in [2.75, 3.05) is 25.0 Å². The molecule has 1 aromatic carbocycles. The summed E-state index contributed by atoms with van der Waals surface area (Å²) in [5.41, 5.74) is 1.30. The number of rotatable bonds is 2. The number of anilines is 1. The van der Waals surface area contributed by atoms with Crippen LogP contribution in [0.1, 0.15) is 33.6 Å². The Bertz CT molecular complexity index is 756. The fourth-order valence-electron chi connectivity index (χ4n) is 3.07. The molecule has 0 aliphatic carbocycles. The third kappa shape index (κ3) is 4.18. The highest BCUT2D eigenvalue weighted by atomic mass is 16.6. The van der Waals surface area contributed by atoms with Crippen molar-refractivity contribution in [2.45, 2.75) is 45.3 Å². The number of aromatic nitrogens is 2. The molecule has 6 heteroatoms. The van der Waals surface area contributed by atoms with E-state index in [1.807, 2.05) is 52.1 Å². The van der Waals surface area contributed by atoms with Gasteiger partial charge in [-0.1, -0.05) is 12.1 Å². The minimum Gasteiger partial charge on any atom is -0.444 e. The summed E-state index contributed by atoms with van der Waals surface area (Å²) in [5.74, 6) is 0.828. The van der Waals surface area contributed by atoms with Gasteiger partial charge in [0, 0.05) is 26.2 Å². The lowest BCUT2D eigenvalue weighted by molar-refractivity contribution is 0.0199. The number of fused-ring (bicyclic) bond motifs is 1. The van der Waals surface area contributed by atoms with Crippen molar-refractivity contribution in [1.29, 1.82) is 0 Å². The zero-order chi connectivity index (χ0) is 18.0. The van der Waals surface area contributed by atoms with Crippen LogP contribution in [0.15, 0.2) is 30.5 Å². The predicted molar refractivity (Wildman–Crippen MR) is 98.8 cm³/mol. The Labute approximate surface area is 148 Å². The molecule has 0 bridgehead atoms. The van der Waals surface area contributed by atoms with Crippen LogP contribution in [0.3, 0.4) is 0 Å². The summed E-state index contributed by atoms with van der Waals surface area (Å²) in [7, 11) is 2.02. The third-order valence-corrected chi connectivity index (χ3v) is 4.39. The minimum atomic E-state index is -0.472. The molecule has 1 aromatic heterocycles. The van der Waals surface area contributed by atoms with Crippen LogP contribution in [-0.4, -0.2) is 52.7 Å². The first kappa shape index (κ1) is 17.5. The number of ether oxygens (including phenoxy) is 1. The van der Waals surface area contributed by atoms with Crippen LogP contribution in [0.2, 0.25) is 0 Å². The maximum Gasteiger partial charge on any atom is 0.410 e. The van der Waals surface area contributed by atoms with Crippen molar-refractivity contribution in [2.24, 2.45) is 0 Å². The van der Waals surface area contributed by atoms with E-state index in [0.29, 0.717) is 6.54 Å². The van der Waals surface area contributed by atoms with E-state index >= 15 is 0 Å². The summed E-state index contributed by atoms with van der Waals surface area (Å²) in [6.07, 6.45) is 3.53. The molecule has 1 aliphatic heterocycles. The van der Waals surface area contributed by atoms with E-state index in [4.69, 9.17) is 9.72 Å². The average molecular weight is 342 g/mol. The van der Waals surface area contributed by atoms with Crippen molar-refractivity contribution in [3.8, 4) is 0 Å². The number of hydrogen-bond donors (Lipinski definition) is 0. The molecule has 1 amide bonds. The normalized spacial score (nSPS) is 18.2. The van der Waals surface area contributed by atoms with Crippen LogP contribution in [0, 0.1) is 0 Å². The Hall–Kier alpha value is -2.37. The van der Waals surface area contributed by atoms with Gasteiger partial charge in [0.2, 0.25) is 0 Å². The molecule has 0 N–H and O–H groups in total. The lowest BCUT2D eigenvalue weighted by atomic mass is 10.0. The Morgan fingerprint density at radius 3 is 2.72 bits per heavy atom. The second kappa shape index (κ2) is 6.86. The molecule has 0 saturated carbocycles. The number of carbonyl (C=O) groups excluding carboxylic acids is 1. The standard InChI is InChI=1S/C19H26N4O2/c1-19(2,3)25-18(24)23-11-7-8-14(13-23)22(4)17-12-20-15-9-5-6-10-16(15)21-17/h5-6,9-10,12,14H,7-8,11,13H2,1-4H3. The fraction of sp³-hybridized carbons (Fsp3) is 0.526. The highest BCUT2D eigenvalue weighted by Gasteiger charge is 2.30. The number of likely N-dealkylation sites (tertiary alicyclic amines) is 1. The number of carbonyl (C=O) groups is 1. The van der Waals surface area contributed by atoms with Gasteiger partial charge in [0.25, 0.3) is 0 Å². The van der Waals surface area contributed by atoms with Crippen LogP contribution in [0.4, 0.5) is 10.6 Å². The number of likely N-dealkylation sites (N-methyl/N-ethyl adjacent to an activating group) is 1. The zero-order valence-electron chi connectivity index (χ0n) is 15.4. The van der Waals surface area contributed by atoms with Crippen LogP contribution < -0.4 is 4.90 Å². The first-order valence-electron chi connectivity index (χ1n) is 8.76. The van der Waals surface area contributed by atoms with Gasteiger partial charge in [0.15, 0.2) is 0 Å². The first-order chi connectivity index (χ1) is 11.8. The van der Waals surface area contributed by atoms with Crippen LogP contribution in [-0.2, 0) is 4.74 Å². The number of para-hydroxylation sites is 2. The molecule has 0 spiro atoms. The van der Waals surface area contributed by atoms with Gasteiger partial charge in [-0.3, -0.25) is 4.98 Å². The maximum atomic E-state index is 12.4. The Balaban J connectivity index is 1.72. The second-order valence-electron chi connectivity index (χ2n) is 7.55. The molecule has 1 saturated heterocycles. The van der Waals surface area contributed by atoms with E-state index in [2.05, 4.69) is 9.88 Å². The number of amides is 1. The van der Waals surface area contributed by atoms with Crippen LogP contribution in [0.25, 0.3) is 11.0 Å². The molecular formula is C19H26N4O2. The molecule has 0 radical (unpaired) electrons. The lowest BCUT2D eigenvalue weighted by Gasteiger charge is -2.38. The van der Waals surface area contributed by atoms with E-state index in [1.54, 1.807) is 11.1 Å². The Kier molecular flexibility index (Phi) is 4.79. The van der Waals surface area contributed by atoms with Gasteiger partial charge in [-0.2, -0.15) is 0 Å². The molecular weight excluding hydrogens is 316 g/mol. The highest BCUT2D eigenvalue weighted by Crippen LogP contribution is 2.22. The van der Waals surface area contributed by atoms with Gasteiger partial charge in [0.1, 0.15) is 11.4 Å². The van der Waals surface area contributed by atoms with E-state index in [-0.39, 0.29) is 12.1 Å². The topological polar surface area (TPSA) is 58.6 Å². The third-order valence-electron chi connectivity index (χ3n) is 4.39. The van der Waals surface area contributed by atoms with E-state index in [1.165, 1.54) is 0 Å². The van der Waals surface area contributed by atoms with Crippen molar-refractivity contribution < 1.29 is 9.53 Å². The molecule has 1 aliphatic rings. The summed E-state index contributed by atoms with van der Waals surface area (Å²) < 4.78 is 5.51. The second-order valence-corrected chi connectivity index (χ2v) is 7.55. The van der Waals surface area contributed by atoms with Gasteiger partial charge in [-0.25, -0.2) is 9.78 Å². The molecule has 1 atom stereocenters. The van der Waals surface area contributed by atoms with Crippen molar-refractivity contribution in [1.82, 2.24) is 14.9 Å². The van der Waals surface area contributed by atoms with Crippen molar-refractivity contribution in [3.63, 3.8) is 0 Å². The van der Waals surface area contributed by atoms with E-state index in [9.17, 15) is 4.79 Å². The van der Waals surface area contributed by atoms with Gasteiger partial charge in [-0.15, -0.1) is 0 Å². The van der Waals surface area contributed by atoms with Gasteiger partial charge in [-0.05, 0) is 45.7 Å². The number of hydrogen-bond acceptors (Lipinski definition) is 5. The maximum absolute atomic E-state index is 12.4. The Morgan fingerprint density at radius 2 is 2.00 bits per heavy atom.